The van der Waals surface area contributed by atoms with Gasteiger partial charge in [0.05, 0.1) is 10.6 Å². The number of aryl methyl sites for hydroxylation is 1. The molecule has 0 unspecified atom stereocenters. The standard InChI is InChI=1S/C12H14N2OS2/c1-9-8-17-12(14-9)13-6-2-4-10(15)11-5-3-7-16-11/h3,5,7-8H,2,4,6H2,1H3,(H,13,14). The third kappa shape index (κ3) is 3.64. The lowest BCUT2D eigenvalue weighted by molar-refractivity contribution is 0.0985. The summed E-state index contributed by atoms with van der Waals surface area (Å²) in [5, 5.41) is 8.11. The number of hydrogen-bond acceptors (Lipinski definition) is 5. The highest BCUT2D eigenvalue weighted by atomic mass is 32.1. The molecule has 5 heteroatoms. The van der Waals surface area contributed by atoms with Crippen LogP contribution in [0.5, 0.6) is 0 Å². The molecule has 0 fully saturated rings. The molecule has 2 heterocycles. The molecule has 3 nitrogen and oxygen atoms in total. The van der Waals surface area contributed by atoms with Crippen LogP contribution in [-0.2, 0) is 0 Å². The Kier molecular flexibility index (Phi) is 4.28. The van der Waals surface area contributed by atoms with Crippen LogP contribution in [0.15, 0.2) is 22.9 Å². The molecule has 1 N–H and O–H groups in total. The Morgan fingerprint density at radius 3 is 3.00 bits per heavy atom. The average molecular weight is 266 g/mol. The Balaban J connectivity index is 1.68. The Hall–Kier alpha value is -1.20. The molecule has 0 bridgehead atoms. The molecule has 2 aromatic heterocycles. The van der Waals surface area contributed by atoms with Gasteiger partial charge in [-0.05, 0) is 24.8 Å². The number of aromatic nitrogens is 1. The number of anilines is 1. The highest BCUT2D eigenvalue weighted by Crippen LogP contribution is 2.15. The summed E-state index contributed by atoms with van der Waals surface area (Å²) in [5.41, 5.74) is 1.03. The van der Waals surface area contributed by atoms with Gasteiger partial charge in [-0.3, -0.25) is 4.79 Å². The van der Waals surface area contributed by atoms with Gasteiger partial charge in [-0.25, -0.2) is 4.98 Å². The van der Waals surface area contributed by atoms with Crippen molar-refractivity contribution < 1.29 is 4.79 Å². The molecule has 0 aliphatic heterocycles. The van der Waals surface area contributed by atoms with Crippen molar-refractivity contribution in [3.05, 3.63) is 33.5 Å². The van der Waals surface area contributed by atoms with E-state index < -0.39 is 0 Å². The average Bonchev–Trinajstić information content (AvgIpc) is 2.95. The van der Waals surface area contributed by atoms with Crippen molar-refractivity contribution in [2.24, 2.45) is 0 Å². The normalized spacial score (nSPS) is 10.4. The molecular formula is C12H14N2OS2. The molecule has 17 heavy (non-hydrogen) atoms. The monoisotopic (exact) mass is 266 g/mol. The Bertz CT molecular complexity index is 476. The molecule has 0 aromatic carbocycles. The molecule has 0 atom stereocenters. The Morgan fingerprint density at radius 1 is 1.47 bits per heavy atom. The van der Waals surface area contributed by atoms with Crippen LogP contribution in [0.3, 0.4) is 0 Å². The van der Waals surface area contributed by atoms with Crippen molar-refractivity contribution in [1.82, 2.24) is 4.98 Å². The van der Waals surface area contributed by atoms with Crippen molar-refractivity contribution in [1.29, 1.82) is 0 Å². The van der Waals surface area contributed by atoms with E-state index in [4.69, 9.17) is 0 Å². The van der Waals surface area contributed by atoms with Crippen LogP contribution in [0.1, 0.15) is 28.2 Å². The number of Topliss-reactive ketones (excluding diaryl/α,β-unsaturated/α-hetero) is 1. The molecule has 0 saturated carbocycles. The van der Waals surface area contributed by atoms with Crippen molar-refractivity contribution in [3.63, 3.8) is 0 Å². The number of nitrogens with one attached hydrogen (secondary N) is 1. The smallest absolute Gasteiger partial charge is 0.182 e. The van der Waals surface area contributed by atoms with E-state index >= 15 is 0 Å². The highest BCUT2D eigenvalue weighted by Gasteiger charge is 2.06. The third-order valence-electron chi connectivity index (χ3n) is 2.27. The summed E-state index contributed by atoms with van der Waals surface area (Å²) in [5.74, 6) is 0.233. The van der Waals surface area contributed by atoms with E-state index in [0.29, 0.717) is 6.42 Å². The minimum Gasteiger partial charge on any atom is -0.362 e. The van der Waals surface area contributed by atoms with Crippen LogP contribution >= 0.6 is 22.7 Å². The van der Waals surface area contributed by atoms with Gasteiger partial charge in [0, 0.05) is 18.3 Å². The number of nitrogens with zero attached hydrogens (tertiary/aromatic N) is 1. The van der Waals surface area contributed by atoms with Gasteiger partial charge in [0.2, 0.25) is 0 Å². The third-order valence-corrected chi connectivity index (χ3v) is 4.10. The molecule has 0 amide bonds. The van der Waals surface area contributed by atoms with Gasteiger partial charge in [0.1, 0.15) is 0 Å². The van der Waals surface area contributed by atoms with E-state index in [1.165, 1.54) is 11.3 Å². The predicted octanol–water partition coefficient (Wildman–Crippen LogP) is 3.59. The number of carbonyl (C=O) groups excluding carboxylic acids is 1. The molecular weight excluding hydrogens is 252 g/mol. The zero-order valence-corrected chi connectivity index (χ0v) is 11.2. The number of carbonyl (C=O) groups is 1. The number of ketones is 1. The first-order valence-electron chi connectivity index (χ1n) is 5.48. The first-order chi connectivity index (χ1) is 8.25. The lowest BCUT2D eigenvalue weighted by Gasteiger charge is -2.01. The number of rotatable bonds is 6. The largest absolute Gasteiger partial charge is 0.362 e. The van der Waals surface area contributed by atoms with E-state index in [1.807, 2.05) is 29.8 Å². The zero-order chi connectivity index (χ0) is 12.1. The fourth-order valence-corrected chi connectivity index (χ4v) is 2.85. The number of hydrogen-bond donors (Lipinski definition) is 1. The lowest BCUT2D eigenvalue weighted by atomic mass is 10.2. The maximum absolute atomic E-state index is 11.7. The lowest BCUT2D eigenvalue weighted by Crippen LogP contribution is -2.04. The van der Waals surface area contributed by atoms with Crippen LogP contribution in [-0.4, -0.2) is 17.3 Å². The Labute approximate surface area is 109 Å². The fourth-order valence-electron chi connectivity index (χ4n) is 1.44. The van der Waals surface area contributed by atoms with Crippen molar-refractivity contribution in [2.75, 3.05) is 11.9 Å². The van der Waals surface area contributed by atoms with Crippen LogP contribution in [0.25, 0.3) is 0 Å². The molecule has 0 aliphatic carbocycles. The summed E-state index contributed by atoms with van der Waals surface area (Å²) in [4.78, 5) is 16.8. The molecule has 0 aliphatic rings. The minimum atomic E-state index is 0.233. The summed E-state index contributed by atoms with van der Waals surface area (Å²) < 4.78 is 0. The second-order valence-electron chi connectivity index (χ2n) is 3.72. The summed E-state index contributed by atoms with van der Waals surface area (Å²) in [6.07, 6.45) is 1.44. The van der Waals surface area contributed by atoms with Gasteiger partial charge in [-0.15, -0.1) is 22.7 Å². The van der Waals surface area contributed by atoms with Gasteiger partial charge >= 0.3 is 0 Å². The topological polar surface area (TPSA) is 42.0 Å². The minimum absolute atomic E-state index is 0.233. The first kappa shape index (κ1) is 12.3. The molecule has 0 radical (unpaired) electrons. The zero-order valence-electron chi connectivity index (χ0n) is 9.60. The molecule has 2 aromatic rings. The molecule has 2 rings (SSSR count). The van der Waals surface area contributed by atoms with Crippen LogP contribution < -0.4 is 5.32 Å². The Morgan fingerprint density at radius 2 is 2.35 bits per heavy atom. The van der Waals surface area contributed by atoms with Crippen LogP contribution in [0.2, 0.25) is 0 Å². The quantitative estimate of drug-likeness (QED) is 0.642. The van der Waals surface area contributed by atoms with Gasteiger partial charge in [0.25, 0.3) is 0 Å². The van der Waals surface area contributed by atoms with Gasteiger partial charge in [0.15, 0.2) is 10.9 Å². The molecule has 0 saturated heterocycles. The predicted molar refractivity (Wildman–Crippen MR) is 73.2 cm³/mol. The maximum atomic E-state index is 11.7. The van der Waals surface area contributed by atoms with Crippen LogP contribution in [0.4, 0.5) is 5.13 Å². The SMILES string of the molecule is Cc1csc(NCCCC(=O)c2cccs2)n1. The highest BCUT2D eigenvalue weighted by molar-refractivity contribution is 7.13. The van der Waals surface area contributed by atoms with Gasteiger partial charge < -0.3 is 5.32 Å². The van der Waals surface area contributed by atoms with Crippen molar-refractivity contribution in [2.45, 2.75) is 19.8 Å². The van der Waals surface area contributed by atoms with E-state index in [9.17, 15) is 4.79 Å². The van der Waals surface area contributed by atoms with Gasteiger partial charge in [-0.2, -0.15) is 0 Å². The second-order valence-corrected chi connectivity index (χ2v) is 5.53. The van der Waals surface area contributed by atoms with E-state index in [-0.39, 0.29) is 5.78 Å². The van der Waals surface area contributed by atoms with E-state index in [2.05, 4.69) is 10.3 Å². The van der Waals surface area contributed by atoms with Crippen LogP contribution in [0, 0.1) is 6.92 Å². The second kappa shape index (κ2) is 5.93. The van der Waals surface area contributed by atoms with Gasteiger partial charge in [-0.1, -0.05) is 6.07 Å². The van der Waals surface area contributed by atoms with Crippen molar-refractivity contribution >= 4 is 33.6 Å². The molecule has 90 valence electrons. The molecule has 0 spiro atoms. The summed E-state index contributed by atoms with van der Waals surface area (Å²) >= 11 is 3.11. The number of thiophene rings is 1. The maximum Gasteiger partial charge on any atom is 0.182 e. The van der Waals surface area contributed by atoms with Crippen molar-refractivity contribution in [3.8, 4) is 0 Å². The summed E-state index contributed by atoms with van der Waals surface area (Å²) in [6, 6.07) is 3.79. The first-order valence-corrected chi connectivity index (χ1v) is 7.24. The van der Waals surface area contributed by atoms with E-state index in [0.717, 1.165) is 28.7 Å². The van der Waals surface area contributed by atoms with E-state index in [1.54, 1.807) is 11.3 Å². The summed E-state index contributed by atoms with van der Waals surface area (Å²) in [7, 11) is 0. The number of thiazole rings is 1. The summed E-state index contributed by atoms with van der Waals surface area (Å²) in [6.45, 7) is 2.77. The fraction of sp³-hybridized carbons (Fsp3) is 0.333.